The summed E-state index contributed by atoms with van der Waals surface area (Å²) in [5, 5.41) is 0. The van der Waals surface area contributed by atoms with E-state index in [2.05, 4.69) is 11.5 Å². The molecule has 0 radical (unpaired) electrons. The maximum Gasteiger partial charge on any atom is 1.00 e. The van der Waals surface area contributed by atoms with Gasteiger partial charge in [-0.1, -0.05) is 0 Å². The van der Waals surface area contributed by atoms with Crippen LogP contribution in [0.25, 0.3) is 0 Å². The van der Waals surface area contributed by atoms with Gasteiger partial charge in [-0.25, -0.2) is 4.79 Å². The van der Waals surface area contributed by atoms with Gasteiger partial charge in [-0.05, 0) is 0 Å². The summed E-state index contributed by atoms with van der Waals surface area (Å²) in [5.41, 5.74) is 8.50. The van der Waals surface area contributed by atoms with Gasteiger partial charge in [0.2, 0.25) is 0 Å². The van der Waals surface area contributed by atoms with Crippen molar-refractivity contribution >= 4 is 6.03 Å². The minimum absolute atomic E-state index is 0. The van der Waals surface area contributed by atoms with E-state index in [0.717, 1.165) is 0 Å². The Morgan fingerprint density at radius 1 is 1.17 bits per heavy atom. The molecular weight excluding hydrogens is 102 g/mol. The van der Waals surface area contributed by atoms with E-state index in [1.54, 1.807) is 0 Å². The number of nitrogens with two attached hydrogens (primary N) is 2. The van der Waals surface area contributed by atoms with Crippen LogP contribution in [-0.2, 0) is 0 Å². The molecule has 24 valence electrons. The number of hydrogen-bond donors (Lipinski definition) is 2. The molecule has 0 bridgehead atoms. The zero-order valence-corrected chi connectivity index (χ0v) is 8.06. The molecule has 2 amide bonds. The van der Waals surface area contributed by atoms with Gasteiger partial charge in [0.1, 0.15) is 0 Å². The molecule has 0 atom stereocenters. The van der Waals surface area contributed by atoms with Crippen molar-refractivity contribution in [2.75, 3.05) is 0 Å². The van der Waals surface area contributed by atoms with E-state index < -0.39 is 6.03 Å². The topological polar surface area (TPSA) is 69.1 Å². The fourth-order valence-corrected chi connectivity index (χ4v) is 0. The van der Waals surface area contributed by atoms with Crippen LogP contribution in [0.2, 0.25) is 0 Å². The summed E-state index contributed by atoms with van der Waals surface area (Å²) in [6, 6.07) is -0.833. The SMILES string of the molecule is NC(N)=O.[Na+].[Na+]. The van der Waals surface area contributed by atoms with E-state index in [0.29, 0.717) is 0 Å². The van der Waals surface area contributed by atoms with E-state index in [4.69, 9.17) is 4.79 Å². The molecule has 3 nitrogen and oxygen atoms in total. The van der Waals surface area contributed by atoms with Crippen molar-refractivity contribution in [1.82, 2.24) is 0 Å². The van der Waals surface area contributed by atoms with Gasteiger partial charge in [-0.15, -0.1) is 0 Å². The van der Waals surface area contributed by atoms with Gasteiger partial charge >= 0.3 is 65.1 Å². The molecule has 0 heterocycles. The minimum Gasteiger partial charge on any atom is -0.352 e. The van der Waals surface area contributed by atoms with Crippen molar-refractivity contribution < 1.29 is 63.9 Å². The first-order valence-corrected chi connectivity index (χ1v) is 0.781. The Labute approximate surface area is 80.4 Å². The van der Waals surface area contributed by atoms with Gasteiger partial charge in [0.05, 0.1) is 0 Å². The molecular formula is CH4N2Na2O+2. The molecule has 0 aliphatic carbocycles. The van der Waals surface area contributed by atoms with E-state index in [1.165, 1.54) is 0 Å². The Balaban J connectivity index is -0.0000000450. The predicted molar refractivity (Wildman–Crippen MR) is 13.8 cm³/mol. The van der Waals surface area contributed by atoms with Crippen molar-refractivity contribution in [2.24, 2.45) is 11.5 Å². The van der Waals surface area contributed by atoms with Gasteiger partial charge < -0.3 is 11.5 Å². The summed E-state index contributed by atoms with van der Waals surface area (Å²) in [5.74, 6) is 0. The number of hydrogen-bond acceptors (Lipinski definition) is 1. The first-order valence-electron chi connectivity index (χ1n) is 0.781. The zero-order chi connectivity index (χ0) is 3.58. The van der Waals surface area contributed by atoms with Crippen molar-refractivity contribution in [1.29, 1.82) is 0 Å². The standard InChI is InChI=1S/CH4N2O.2Na/c2-1(3)4;;/h(H4,2,3,4);;/q;2*+1. The van der Waals surface area contributed by atoms with Gasteiger partial charge in [0.15, 0.2) is 0 Å². The Bertz CT molecular complexity index is 34.5. The van der Waals surface area contributed by atoms with Crippen LogP contribution in [0.3, 0.4) is 0 Å². The average Bonchev–Trinajstić information content (AvgIpc) is 0.811. The normalized spacial score (nSPS) is 4.00. The molecule has 0 unspecified atom stereocenters. The fraction of sp³-hybridized carbons (Fsp3) is 0. The third-order valence-electron chi connectivity index (χ3n) is 0. The van der Waals surface area contributed by atoms with Crippen LogP contribution in [-0.4, -0.2) is 6.03 Å². The Kier molecular flexibility index (Phi) is 25.0. The van der Waals surface area contributed by atoms with E-state index in [-0.39, 0.29) is 59.1 Å². The minimum atomic E-state index is -0.833. The zero-order valence-electron chi connectivity index (χ0n) is 4.06. The maximum absolute atomic E-state index is 9.00. The van der Waals surface area contributed by atoms with Crippen LogP contribution in [0, 0.1) is 0 Å². The Morgan fingerprint density at radius 3 is 1.17 bits per heavy atom. The van der Waals surface area contributed by atoms with Crippen LogP contribution in [0.1, 0.15) is 0 Å². The summed E-state index contributed by atoms with van der Waals surface area (Å²) in [6.07, 6.45) is 0. The smallest absolute Gasteiger partial charge is 0.352 e. The molecule has 0 spiro atoms. The molecule has 0 saturated carbocycles. The van der Waals surface area contributed by atoms with Gasteiger partial charge in [0, 0.05) is 0 Å². The second-order valence-corrected chi connectivity index (χ2v) is 0.402. The molecule has 0 fully saturated rings. The quantitative estimate of drug-likeness (QED) is 0.296. The third-order valence-corrected chi connectivity index (χ3v) is 0. The number of amides is 2. The first kappa shape index (κ1) is 15.7. The summed E-state index contributed by atoms with van der Waals surface area (Å²) in [4.78, 5) is 9.00. The van der Waals surface area contributed by atoms with Crippen LogP contribution < -0.4 is 70.6 Å². The fourth-order valence-electron chi connectivity index (χ4n) is 0. The Hall–Kier alpha value is 1.27. The molecule has 0 aliphatic rings. The maximum atomic E-state index is 9.00. The average molecular weight is 106 g/mol. The number of carbonyl (C=O) groups is 1. The van der Waals surface area contributed by atoms with Gasteiger partial charge in [0.25, 0.3) is 0 Å². The molecule has 0 aromatic carbocycles. The molecule has 0 aromatic heterocycles. The summed E-state index contributed by atoms with van der Waals surface area (Å²) >= 11 is 0. The molecule has 0 aliphatic heterocycles. The summed E-state index contributed by atoms with van der Waals surface area (Å²) in [7, 11) is 0. The van der Waals surface area contributed by atoms with Crippen molar-refractivity contribution in [3.05, 3.63) is 0 Å². The second-order valence-electron chi connectivity index (χ2n) is 0.402. The van der Waals surface area contributed by atoms with Gasteiger partial charge in [-0.3, -0.25) is 0 Å². The number of primary amides is 2. The Morgan fingerprint density at radius 2 is 1.17 bits per heavy atom. The summed E-state index contributed by atoms with van der Waals surface area (Å²) < 4.78 is 0. The van der Waals surface area contributed by atoms with Crippen molar-refractivity contribution in [2.45, 2.75) is 0 Å². The second kappa shape index (κ2) is 9.55. The monoisotopic (exact) mass is 106 g/mol. The van der Waals surface area contributed by atoms with E-state index in [1.807, 2.05) is 0 Å². The van der Waals surface area contributed by atoms with E-state index >= 15 is 0 Å². The molecule has 0 rings (SSSR count). The summed E-state index contributed by atoms with van der Waals surface area (Å²) in [6.45, 7) is 0. The van der Waals surface area contributed by atoms with Crippen molar-refractivity contribution in [3.8, 4) is 0 Å². The molecule has 4 N–H and O–H groups in total. The molecule has 5 heteroatoms. The largest absolute Gasteiger partial charge is 1.00 e. The van der Waals surface area contributed by atoms with Crippen LogP contribution in [0.4, 0.5) is 4.79 Å². The molecule has 6 heavy (non-hydrogen) atoms. The van der Waals surface area contributed by atoms with Crippen LogP contribution in [0.15, 0.2) is 0 Å². The van der Waals surface area contributed by atoms with Gasteiger partial charge in [-0.2, -0.15) is 0 Å². The first-order chi connectivity index (χ1) is 1.73. The number of rotatable bonds is 0. The predicted octanol–water partition coefficient (Wildman–Crippen LogP) is -6.97. The van der Waals surface area contributed by atoms with Crippen molar-refractivity contribution in [3.63, 3.8) is 0 Å². The number of urea groups is 1. The molecule has 0 aromatic rings. The molecule has 0 saturated heterocycles. The third kappa shape index (κ3) is 59.6. The van der Waals surface area contributed by atoms with Crippen LogP contribution >= 0.6 is 0 Å². The van der Waals surface area contributed by atoms with E-state index in [9.17, 15) is 0 Å². The van der Waals surface area contributed by atoms with Crippen LogP contribution in [0.5, 0.6) is 0 Å². The number of carbonyl (C=O) groups excluding carboxylic acids is 1.